The second-order valence-corrected chi connectivity index (χ2v) is 8.04. The van der Waals surface area contributed by atoms with Gasteiger partial charge in [-0.2, -0.15) is 0 Å². The van der Waals surface area contributed by atoms with E-state index in [0.717, 1.165) is 16.5 Å². The molecule has 37 heavy (non-hydrogen) atoms. The minimum absolute atomic E-state index is 0.166. The van der Waals surface area contributed by atoms with Crippen LogP contribution in [0.25, 0.3) is 0 Å². The molecule has 3 N–H and O–H groups in total. The molecular weight excluding hydrogens is 479 g/mol. The maximum absolute atomic E-state index is 13.8. The first-order chi connectivity index (χ1) is 17.9. The molecule has 0 spiro atoms. The van der Waals surface area contributed by atoms with Crippen LogP contribution in [-0.4, -0.2) is 28.9 Å². The van der Waals surface area contributed by atoms with Crippen molar-refractivity contribution in [2.24, 2.45) is 0 Å². The molecule has 0 bridgehead atoms. The Morgan fingerprint density at radius 2 is 1.68 bits per heavy atom. The van der Waals surface area contributed by atoms with Crippen LogP contribution in [0.3, 0.4) is 0 Å². The Hall–Kier alpha value is -4.99. The van der Waals surface area contributed by atoms with Crippen LogP contribution in [0.5, 0.6) is 5.75 Å². The molecule has 0 radical (unpaired) electrons. The number of halogens is 1. The van der Waals surface area contributed by atoms with E-state index in [1.165, 1.54) is 37.4 Å². The van der Waals surface area contributed by atoms with E-state index >= 15 is 0 Å². The van der Waals surface area contributed by atoms with E-state index in [-0.39, 0.29) is 17.9 Å². The van der Waals surface area contributed by atoms with E-state index in [1.54, 1.807) is 18.2 Å². The van der Waals surface area contributed by atoms with E-state index in [1.807, 2.05) is 35.3 Å². The fourth-order valence-electron chi connectivity index (χ4n) is 3.80. The number of anilines is 1. The van der Waals surface area contributed by atoms with Crippen molar-refractivity contribution in [3.8, 4) is 5.75 Å². The zero-order valence-corrected chi connectivity index (χ0v) is 19.7. The minimum atomic E-state index is -1.30. The van der Waals surface area contributed by atoms with Gasteiger partial charge in [-0.25, -0.2) is 9.18 Å². The Balaban J connectivity index is 1.85. The second kappa shape index (κ2) is 11.2. The monoisotopic (exact) mass is 502 g/mol. The fourth-order valence-corrected chi connectivity index (χ4v) is 3.80. The van der Waals surface area contributed by atoms with Crippen molar-refractivity contribution in [1.82, 2.24) is 15.3 Å². The van der Waals surface area contributed by atoms with Crippen molar-refractivity contribution in [3.05, 3.63) is 128 Å². The molecule has 0 unspecified atom stereocenters. The summed E-state index contributed by atoms with van der Waals surface area (Å²) in [5.41, 5.74) is -0.630. The number of nitrogens with one attached hydrogen (secondary N) is 3. The predicted octanol–water partition coefficient (Wildman–Crippen LogP) is 2.92. The molecule has 1 heterocycles. The van der Waals surface area contributed by atoms with Gasteiger partial charge in [-0.3, -0.25) is 24.3 Å². The number of carbonyl (C=O) groups excluding carboxylic acids is 2. The number of hydrogen-bond donors (Lipinski definition) is 3. The Bertz CT molecular complexity index is 1490. The van der Waals surface area contributed by atoms with Crippen LogP contribution in [0.15, 0.2) is 94.5 Å². The van der Waals surface area contributed by atoms with E-state index in [2.05, 4.69) is 10.3 Å². The van der Waals surface area contributed by atoms with Gasteiger partial charge < -0.3 is 15.0 Å². The van der Waals surface area contributed by atoms with Gasteiger partial charge in [-0.05, 0) is 35.4 Å². The number of nitrogens with zero attached hydrogens (tertiary/aromatic N) is 1. The second-order valence-electron chi connectivity index (χ2n) is 8.04. The largest absolute Gasteiger partial charge is 0.497 e. The number of carbonyl (C=O) groups is 2. The first-order valence-electron chi connectivity index (χ1n) is 11.2. The number of amides is 2. The molecule has 10 heteroatoms. The van der Waals surface area contributed by atoms with Gasteiger partial charge in [0.25, 0.3) is 11.5 Å². The van der Waals surface area contributed by atoms with Crippen LogP contribution in [0.2, 0.25) is 0 Å². The Morgan fingerprint density at radius 1 is 0.946 bits per heavy atom. The lowest BCUT2D eigenvalue weighted by Gasteiger charge is -2.31. The average molecular weight is 503 g/mol. The third-order valence-electron chi connectivity index (χ3n) is 5.54. The molecule has 4 aromatic rings. The molecule has 0 fully saturated rings. The molecule has 0 saturated heterocycles. The van der Waals surface area contributed by atoms with Crippen LogP contribution >= 0.6 is 0 Å². The van der Waals surface area contributed by atoms with Gasteiger partial charge in [0.05, 0.1) is 7.11 Å². The van der Waals surface area contributed by atoms with Gasteiger partial charge in [0, 0.05) is 24.4 Å². The number of methoxy groups -OCH3 is 1. The lowest BCUT2D eigenvalue weighted by Crippen LogP contribution is -2.45. The smallest absolute Gasteiger partial charge is 0.326 e. The molecular formula is C27H23FN4O5. The van der Waals surface area contributed by atoms with E-state index < -0.39 is 34.9 Å². The Labute approximate surface area is 210 Å². The highest BCUT2D eigenvalue weighted by Crippen LogP contribution is 2.31. The van der Waals surface area contributed by atoms with Crippen molar-refractivity contribution in [2.75, 3.05) is 12.0 Å². The minimum Gasteiger partial charge on any atom is -0.497 e. The first kappa shape index (κ1) is 25.1. The zero-order valence-electron chi connectivity index (χ0n) is 19.7. The van der Waals surface area contributed by atoms with E-state index in [9.17, 15) is 23.6 Å². The molecule has 0 saturated carbocycles. The third-order valence-corrected chi connectivity index (χ3v) is 5.54. The standard InChI is InChI=1S/C27H23FN4O5/c1-37-21-9-5-8-20(14-21)32(26(35)22-15-23(33)31-27(36)30-22)24(18-10-12-19(28)13-11-18)25(34)29-16-17-6-3-2-4-7-17/h2-15,24H,16H2,1H3,(H,29,34)(H2,30,31,33,36)/t24-/m0/s1. The molecule has 1 aromatic heterocycles. The first-order valence-corrected chi connectivity index (χ1v) is 11.2. The maximum atomic E-state index is 13.8. The van der Waals surface area contributed by atoms with E-state index in [0.29, 0.717) is 11.3 Å². The van der Waals surface area contributed by atoms with Gasteiger partial charge in [0.1, 0.15) is 23.3 Å². The highest BCUT2D eigenvalue weighted by Gasteiger charge is 2.34. The number of aromatic nitrogens is 2. The van der Waals surface area contributed by atoms with Crippen molar-refractivity contribution in [3.63, 3.8) is 0 Å². The highest BCUT2D eigenvalue weighted by molar-refractivity contribution is 6.09. The molecule has 3 aromatic carbocycles. The van der Waals surface area contributed by atoms with Crippen molar-refractivity contribution >= 4 is 17.5 Å². The molecule has 0 aliphatic heterocycles. The van der Waals surface area contributed by atoms with Crippen LogP contribution in [0.1, 0.15) is 27.7 Å². The molecule has 4 rings (SSSR count). The van der Waals surface area contributed by atoms with Crippen LogP contribution in [0.4, 0.5) is 10.1 Å². The van der Waals surface area contributed by atoms with Gasteiger partial charge >= 0.3 is 5.69 Å². The summed E-state index contributed by atoms with van der Waals surface area (Å²) in [4.78, 5) is 56.8. The summed E-state index contributed by atoms with van der Waals surface area (Å²) in [6.45, 7) is 0.166. The molecule has 1 atom stereocenters. The Morgan fingerprint density at radius 3 is 2.35 bits per heavy atom. The molecule has 0 aliphatic carbocycles. The van der Waals surface area contributed by atoms with Crippen LogP contribution < -0.4 is 26.2 Å². The number of rotatable bonds is 8. The van der Waals surface area contributed by atoms with Crippen molar-refractivity contribution in [2.45, 2.75) is 12.6 Å². The summed E-state index contributed by atoms with van der Waals surface area (Å²) in [6.07, 6.45) is 0. The summed E-state index contributed by atoms with van der Waals surface area (Å²) < 4.78 is 19.1. The van der Waals surface area contributed by atoms with Crippen LogP contribution in [0, 0.1) is 5.82 Å². The molecule has 0 aliphatic rings. The van der Waals surface area contributed by atoms with Gasteiger partial charge in [0.15, 0.2) is 0 Å². The van der Waals surface area contributed by atoms with Crippen LogP contribution in [-0.2, 0) is 11.3 Å². The predicted molar refractivity (Wildman–Crippen MR) is 135 cm³/mol. The van der Waals surface area contributed by atoms with Crippen molar-refractivity contribution < 1.29 is 18.7 Å². The average Bonchev–Trinajstić information content (AvgIpc) is 2.90. The maximum Gasteiger partial charge on any atom is 0.326 e. The van der Waals surface area contributed by atoms with Gasteiger partial charge in [-0.15, -0.1) is 0 Å². The fraction of sp³-hybridized carbons (Fsp3) is 0.111. The molecule has 9 nitrogen and oxygen atoms in total. The Kier molecular flexibility index (Phi) is 7.58. The zero-order chi connectivity index (χ0) is 26.4. The summed E-state index contributed by atoms with van der Waals surface area (Å²) >= 11 is 0. The number of benzene rings is 3. The number of H-pyrrole nitrogens is 2. The third kappa shape index (κ3) is 5.99. The topological polar surface area (TPSA) is 124 Å². The SMILES string of the molecule is COc1cccc(N(C(=O)c2cc(=O)[nH]c(=O)[nH]2)[C@H](C(=O)NCc2ccccc2)c2ccc(F)cc2)c1. The summed E-state index contributed by atoms with van der Waals surface area (Å²) in [7, 11) is 1.45. The van der Waals surface area contributed by atoms with Gasteiger partial charge in [-0.1, -0.05) is 48.5 Å². The highest BCUT2D eigenvalue weighted by atomic mass is 19.1. The summed E-state index contributed by atoms with van der Waals surface area (Å²) in [6, 6.07) is 20.3. The summed E-state index contributed by atoms with van der Waals surface area (Å²) in [5.74, 6) is -1.53. The lowest BCUT2D eigenvalue weighted by atomic mass is 10.0. The number of ether oxygens (including phenoxy) is 1. The van der Waals surface area contributed by atoms with Crippen molar-refractivity contribution in [1.29, 1.82) is 0 Å². The summed E-state index contributed by atoms with van der Waals surface area (Å²) in [5, 5.41) is 2.82. The quantitative estimate of drug-likeness (QED) is 0.342. The van der Waals surface area contributed by atoms with E-state index in [4.69, 9.17) is 4.74 Å². The normalized spacial score (nSPS) is 11.4. The molecule has 2 amide bonds. The number of aromatic amines is 2. The number of hydrogen-bond acceptors (Lipinski definition) is 5. The lowest BCUT2D eigenvalue weighted by molar-refractivity contribution is -0.122. The molecule has 188 valence electrons. The van der Waals surface area contributed by atoms with Gasteiger partial charge in [0.2, 0.25) is 5.91 Å².